The Hall–Kier alpha value is -4.38. The van der Waals surface area contributed by atoms with E-state index in [0.717, 1.165) is 28.2 Å². The summed E-state index contributed by atoms with van der Waals surface area (Å²) in [6.07, 6.45) is 0. The van der Waals surface area contributed by atoms with Gasteiger partial charge in [0.25, 0.3) is 0 Å². The summed E-state index contributed by atoms with van der Waals surface area (Å²) in [4.78, 5) is 24.7. The largest absolute Gasteiger partial charge is 0.461 e. The van der Waals surface area contributed by atoms with Crippen LogP contribution in [0.4, 0.5) is 17.1 Å². The summed E-state index contributed by atoms with van der Waals surface area (Å²) in [6, 6.07) is 31.4. The van der Waals surface area contributed by atoms with Crippen LogP contribution < -0.4 is 4.90 Å². The highest BCUT2D eigenvalue weighted by Crippen LogP contribution is 2.50. The average molecular weight is 506 g/mol. The summed E-state index contributed by atoms with van der Waals surface area (Å²) in [7, 11) is 0. The number of ether oxygens (including phenoxy) is 2. The number of fused-ring (bicyclic) bond motifs is 3. The molecule has 4 aromatic carbocycles. The van der Waals surface area contributed by atoms with E-state index >= 15 is 0 Å². The van der Waals surface area contributed by atoms with Crippen LogP contribution in [0.25, 0.3) is 11.1 Å². The van der Waals surface area contributed by atoms with Crippen LogP contribution in [0.2, 0.25) is 0 Å². The predicted octanol–water partition coefficient (Wildman–Crippen LogP) is 7.59. The summed E-state index contributed by atoms with van der Waals surface area (Å²) >= 11 is 0. The van der Waals surface area contributed by atoms with E-state index in [-0.39, 0.29) is 30.6 Å². The smallest absolute Gasteiger partial charge is 0.302 e. The number of anilines is 3. The van der Waals surface area contributed by atoms with E-state index in [1.165, 1.54) is 36.1 Å². The fourth-order valence-corrected chi connectivity index (χ4v) is 5.13. The van der Waals surface area contributed by atoms with E-state index in [4.69, 9.17) is 9.47 Å². The Bertz CT molecular complexity index is 1430. The summed E-state index contributed by atoms with van der Waals surface area (Å²) in [5.41, 5.74) is 9.92. The standard InChI is InChI=1S/C33H31NO4/c1-22(35)37-20-24-9-13-26(14-10-24)34(27-15-11-25(12-16-27)21-38-23(2)36)28-17-18-30-29-7-5-6-8-31(29)33(3,4)32(30)19-28/h5-19H,20-21H2,1-4H3. The molecule has 0 unspecified atom stereocenters. The van der Waals surface area contributed by atoms with Gasteiger partial charge < -0.3 is 14.4 Å². The van der Waals surface area contributed by atoms with Gasteiger partial charge in [0.2, 0.25) is 0 Å². The Balaban J connectivity index is 1.55. The molecule has 0 saturated heterocycles. The van der Waals surface area contributed by atoms with Gasteiger partial charge in [0.1, 0.15) is 13.2 Å². The third kappa shape index (κ3) is 4.92. The molecule has 38 heavy (non-hydrogen) atoms. The molecule has 0 saturated carbocycles. The number of hydrogen-bond acceptors (Lipinski definition) is 5. The van der Waals surface area contributed by atoms with Crippen molar-refractivity contribution in [3.63, 3.8) is 0 Å². The third-order valence-electron chi connectivity index (χ3n) is 7.10. The Morgan fingerprint density at radius 2 is 1.11 bits per heavy atom. The molecular formula is C33H31NO4. The molecule has 0 aromatic heterocycles. The lowest BCUT2D eigenvalue weighted by Gasteiger charge is -2.28. The van der Waals surface area contributed by atoms with Crippen molar-refractivity contribution in [2.24, 2.45) is 0 Å². The summed E-state index contributed by atoms with van der Waals surface area (Å²) in [5, 5.41) is 0. The zero-order valence-electron chi connectivity index (χ0n) is 22.2. The van der Waals surface area contributed by atoms with Crippen molar-refractivity contribution in [2.75, 3.05) is 4.90 Å². The van der Waals surface area contributed by atoms with Gasteiger partial charge in [-0.25, -0.2) is 0 Å². The van der Waals surface area contributed by atoms with Gasteiger partial charge in [0.05, 0.1) is 0 Å². The number of carbonyl (C=O) groups excluding carboxylic acids is 2. The molecule has 1 aliphatic carbocycles. The predicted molar refractivity (Wildman–Crippen MR) is 150 cm³/mol. The second-order valence-corrected chi connectivity index (χ2v) is 10.1. The van der Waals surface area contributed by atoms with E-state index < -0.39 is 0 Å². The van der Waals surface area contributed by atoms with Crippen molar-refractivity contribution >= 4 is 29.0 Å². The minimum Gasteiger partial charge on any atom is -0.461 e. The Morgan fingerprint density at radius 1 is 0.632 bits per heavy atom. The number of rotatable bonds is 7. The molecule has 0 heterocycles. The first-order valence-electron chi connectivity index (χ1n) is 12.7. The second kappa shape index (κ2) is 10.2. The quantitative estimate of drug-likeness (QED) is 0.242. The van der Waals surface area contributed by atoms with Crippen LogP contribution in [0.15, 0.2) is 91.0 Å². The molecule has 0 N–H and O–H groups in total. The minimum atomic E-state index is -0.300. The van der Waals surface area contributed by atoms with Gasteiger partial charge >= 0.3 is 11.9 Å². The number of hydrogen-bond donors (Lipinski definition) is 0. The van der Waals surface area contributed by atoms with Crippen molar-refractivity contribution in [3.8, 4) is 11.1 Å². The first-order chi connectivity index (χ1) is 18.2. The van der Waals surface area contributed by atoms with E-state index in [1.807, 2.05) is 48.5 Å². The van der Waals surface area contributed by atoms with Gasteiger partial charge in [0, 0.05) is 36.3 Å². The van der Waals surface area contributed by atoms with Gasteiger partial charge in [0.15, 0.2) is 0 Å². The van der Waals surface area contributed by atoms with E-state index in [1.54, 1.807) is 0 Å². The molecule has 192 valence electrons. The molecular weight excluding hydrogens is 474 g/mol. The number of carbonyl (C=O) groups is 2. The molecule has 1 aliphatic rings. The summed E-state index contributed by atoms with van der Waals surface area (Å²) < 4.78 is 10.3. The number of benzene rings is 4. The maximum absolute atomic E-state index is 11.2. The molecule has 4 aromatic rings. The fraction of sp³-hybridized carbons (Fsp3) is 0.212. The maximum Gasteiger partial charge on any atom is 0.302 e. The summed E-state index contributed by atoms with van der Waals surface area (Å²) in [5.74, 6) is -0.599. The molecule has 5 nitrogen and oxygen atoms in total. The minimum absolute atomic E-state index is 0.116. The molecule has 0 bridgehead atoms. The number of nitrogens with zero attached hydrogens (tertiary/aromatic N) is 1. The van der Waals surface area contributed by atoms with E-state index in [9.17, 15) is 9.59 Å². The van der Waals surface area contributed by atoms with E-state index in [2.05, 4.69) is 61.2 Å². The maximum atomic E-state index is 11.2. The summed E-state index contributed by atoms with van der Waals surface area (Å²) in [6.45, 7) is 7.86. The van der Waals surface area contributed by atoms with Crippen molar-refractivity contribution in [1.29, 1.82) is 0 Å². The van der Waals surface area contributed by atoms with Crippen LogP contribution in [0.1, 0.15) is 49.9 Å². The highest BCUT2D eigenvalue weighted by Gasteiger charge is 2.35. The van der Waals surface area contributed by atoms with Gasteiger partial charge in [-0.05, 0) is 69.8 Å². The number of esters is 2. The van der Waals surface area contributed by atoms with Crippen LogP contribution >= 0.6 is 0 Å². The third-order valence-corrected chi connectivity index (χ3v) is 7.10. The van der Waals surface area contributed by atoms with Crippen LogP contribution in [0.3, 0.4) is 0 Å². The molecule has 0 amide bonds. The van der Waals surface area contributed by atoms with E-state index in [0.29, 0.717) is 0 Å². The fourth-order valence-electron chi connectivity index (χ4n) is 5.13. The zero-order valence-corrected chi connectivity index (χ0v) is 22.2. The molecule has 5 heteroatoms. The van der Waals surface area contributed by atoms with Gasteiger partial charge in [-0.3, -0.25) is 9.59 Å². The van der Waals surface area contributed by atoms with Crippen molar-refractivity contribution < 1.29 is 19.1 Å². The molecule has 0 atom stereocenters. The average Bonchev–Trinajstić information content (AvgIpc) is 3.14. The van der Waals surface area contributed by atoms with Crippen LogP contribution in [0, 0.1) is 0 Å². The van der Waals surface area contributed by atoms with Gasteiger partial charge in [-0.2, -0.15) is 0 Å². The Labute approximate surface area is 223 Å². The van der Waals surface area contributed by atoms with Crippen molar-refractivity contribution in [3.05, 3.63) is 113 Å². The molecule has 5 rings (SSSR count). The van der Waals surface area contributed by atoms with Crippen molar-refractivity contribution in [1.82, 2.24) is 0 Å². The SMILES string of the molecule is CC(=O)OCc1ccc(N(c2ccc(COC(C)=O)cc2)c2ccc3c(c2)C(C)(C)c2ccccc2-3)cc1. The monoisotopic (exact) mass is 505 g/mol. The van der Waals surface area contributed by atoms with Crippen LogP contribution in [0.5, 0.6) is 0 Å². The van der Waals surface area contributed by atoms with Gasteiger partial charge in [-0.15, -0.1) is 0 Å². The highest BCUT2D eigenvalue weighted by atomic mass is 16.5. The zero-order chi connectivity index (χ0) is 26.9. The first kappa shape index (κ1) is 25.3. The topological polar surface area (TPSA) is 55.8 Å². The Kier molecular flexibility index (Phi) is 6.77. The molecule has 0 spiro atoms. The first-order valence-corrected chi connectivity index (χ1v) is 12.7. The van der Waals surface area contributed by atoms with Crippen molar-refractivity contribution in [2.45, 2.75) is 46.3 Å². The molecule has 0 fully saturated rings. The highest BCUT2D eigenvalue weighted by molar-refractivity contribution is 5.85. The van der Waals surface area contributed by atoms with Crippen LogP contribution in [-0.4, -0.2) is 11.9 Å². The second-order valence-electron chi connectivity index (χ2n) is 10.1. The lowest BCUT2D eigenvalue weighted by atomic mass is 9.82. The Morgan fingerprint density at radius 3 is 1.63 bits per heavy atom. The lowest BCUT2D eigenvalue weighted by Crippen LogP contribution is -2.16. The van der Waals surface area contributed by atoms with Crippen LogP contribution in [-0.2, 0) is 37.7 Å². The molecule has 0 aliphatic heterocycles. The normalized spacial score (nSPS) is 12.8. The van der Waals surface area contributed by atoms with Gasteiger partial charge in [-0.1, -0.05) is 68.4 Å². The lowest BCUT2D eigenvalue weighted by molar-refractivity contribution is -0.143. The molecule has 0 radical (unpaired) electrons.